The number of nitrogens with zero attached hydrogens (tertiary/aromatic N) is 2. The molecule has 2 fully saturated rings. The zero-order chi connectivity index (χ0) is 16.1. The summed E-state index contributed by atoms with van der Waals surface area (Å²) in [6, 6.07) is 8.13. The van der Waals surface area contributed by atoms with Gasteiger partial charge < -0.3 is 9.80 Å². The van der Waals surface area contributed by atoms with Crippen LogP contribution in [-0.4, -0.2) is 59.4 Å². The first-order valence-corrected chi connectivity index (χ1v) is 10.6. The Hall–Kier alpha value is -0.520. The lowest BCUT2D eigenvalue weighted by Gasteiger charge is -2.35. The molecule has 0 aromatic heterocycles. The van der Waals surface area contributed by atoms with E-state index in [1.165, 1.54) is 38.1 Å². The number of likely N-dealkylation sites (tertiary alicyclic amines) is 1. The predicted molar refractivity (Wildman–Crippen MR) is 101 cm³/mol. The third-order valence-electron chi connectivity index (χ3n) is 4.71. The van der Waals surface area contributed by atoms with E-state index in [0.717, 1.165) is 35.3 Å². The van der Waals surface area contributed by atoms with Crippen molar-refractivity contribution in [2.75, 3.05) is 37.7 Å². The van der Waals surface area contributed by atoms with Crippen molar-refractivity contribution < 1.29 is 4.79 Å². The zero-order valence-corrected chi connectivity index (χ0v) is 15.9. The molecule has 23 heavy (non-hydrogen) atoms. The monoisotopic (exact) mass is 396 g/mol. The lowest BCUT2D eigenvalue weighted by Crippen LogP contribution is -2.49. The summed E-state index contributed by atoms with van der Waals surface area (Å²) in [5.74, 6) is 2.43. The molecule has 2 aliphatic rings. The van der Waals surface area contributed by atoms with Gasteiger partial charge in [0.2, 0.25) is 0 Å². The van der Waals surface area contributed by atoms with Crippen LogP contribution in [0, 0.1) is 0 Å². The SMILES string of the molecule is O=C(c1ccc(Br)cc1)N1CCCSCC1CN1CCCCC1. The van der Waals surface area contributed by atoms with E-state index in [1.54, 1.807) is 0 Å². The van der Waals surface area contributed by atoms with Gasteiger partial charge in [-0.2, -0.15) is 11.8 Å². The van der Waals surface area contributed by atoms with Crippen molar-refractivity contribution in [2.24, 2.45) is 0 Å². The summed E-state index contributed by atoms with van der Waals surface area (Å²) in [4.78, 5) is 17.7. The van der Waals surface area contributed by atoms with E-state index in [1.807, 2.05) is 36.0 Å². The Balaban J connectivity index is 1.72. The number of carbonyl (C=O) groups excluding carboxylic acids is 1. The Morgan fingerprint density at radius 2 is 1.83 bits per heavy atom. The molecule has 0 radical (unpaired) electrons. The molecule has 1 aromatic rings. The molecule has 0 saturated carbocycles. The Morgan fingerprint density at radius 3 is 2.57 bits per heavy atom. The van der Waals surface area contributed by atoms with Crippen LogP contribution < -0.4 is 0 Å². The summed E-state index contributed by atoms with van der Waals surface area (Å²) in [5, 5.41) is 0. The molecule has 126 valence electrons. The summed E-state index contributed by atoms with van der Waals surface area (Å²) in [6.07, 6.45) is 5.07. The molecule has 2 heterocycles. The van der Waals surface area contributed by atoms with Crippen LogP contribution in [0.25, 0.3) is 0 Å². The fourth-order valence-corrected chi connectivity index (χ4v) is 4.77. The van der Waals surface area contributed by atoms with E-state index in [0.29, 0.717) is 6.04 Å². The highest BCUT2D eigenvalue weighted by Gasteiger charge is 2.28. The smallest absolute Gasteiger partial charge is 0.254 e. The molecule has 2 aliphatic heterocycles. The average Bonchev–Trinajstić information content (AvgIpc) is 2.81. The van der Waals surface area contributed by atoms with Crippen molar-refractivity contribution in [3.05, 3.63) is 34.3 Å². The molecular formula is C18H25BrN2OS. The summed E-state index contributed by atoms with van der Waals surface area (Å²) < 4.78 is 1.02. The Kier molecular flexibility index (Phi) is 6.43. The first kappa shape index (κ1) is 17.3. The van der Waals surface area contributed by atoms with Crippen LogP contribution in [0.5, 0.6) is 0 Å². The van der Waals surface area contributed by atoms with Crippen LogP contribution in [0.15, 0.2) is 28.7 Å². The molecule has 1 atom stereocenters. The Morgan fingerprint density at radius 1 is 1.09 bits per heavy atom. The largest absolute Gasteiger partial charge is 0.334 e. The molecule has 0 aliphatic carbocycles. The zero-order valence-electron chi connectivity index (χ0n) is 13.5. The molecule has 3 nitrogen and oxygen atoms in total. The van der Waals surface area contributed by atoms with Crippen LogP contribution in [0.2, 0.25) is 0 Å². The summed E-state index contributed by atoms with van der Waals surface area (Å²) >= 11 is 5.45. The third kappa shape index (κ3) is 4.74. The Bertz CT molecular complexity index is 516. The van der Waals surface area contributed by atoms with Gasteiger partial charge in [-0.1, -0.05) is 22.4 Å². The van der Waals surface area contributed by atoms with E-state index in [2.05, 4.69) is 25.7 Å². The van der Waals surface area contributed by atoms with Gasteiger partial charge in [0.25, 0.3) is 5.91 Å². The van der Waals surface area contributed by atoms with Crippen molar-refractivity contribution in [3.8, 4) is 0 Å². The van der Waals surface area contributed by atoms with Crippen LogP contribution in [0.1, 0.15) is 36.0 Å². The normalized spacial score (nSPS) is 23.5. The molecule has 3 rings (SSSR count). The number of carbonyl (C=O) groups is 1. The minimum atomic E-state index is 0.196. The van der Waals surface area contributed by atoms with E-state index in [9.17, 15) is 4.79 Å². The number of benzene rings is 1. The molecule has 1 unspecified atom stereocenters. The highest BCUT2D eigenvalue weighted by molar-refractivity contribution is 9.10. The predicted octanol–water partition coefficient (Wildman–Crippen LogP) is 3.88. The maximum absolute atomic E-state index is 13.0. The van der Waals surface area contributed by atoms with Gasteiger partial charge in [0.1, 0.15) is 0 Å². The number of thioether (sulfide) groups is 1. The van der Waals surface area contributed by atoms with Crippen molar-refractivity contribution in [1.82, 2.24) is 9.80 Å². The van der Waals surface area contributed by atoms with Gasteiger partial charge in [-0.25, -0.2) is 0 Å². The summed E-state index contributed by atoms with van der Waals surface area (Å²) in [6.45, 7) is 4.32. The van der Waals surface area contributed by atoms with Crippen LogP contribution in [-0.2, 0) is 0 Å². The fraction of sp³-hybridized carbons (Fsp3) is 0.611. The maximum atomic E-state index is 13.0. The van der Waals surface area contributed by atoms with Gasteiger partial charge in [0, 0.05) is 28.9 Å². The number of halogens is 1. The topological polar surface area (TPSA) is 23.6 Å². The molecule has 2 saturated heterocycles. The highest BCUT2D eigenvalue weighted by Crippen LogP contribution is 2.22. The maximum Gasteiger partial charge on any atom is 0.254 e. The molecule has 5 heteroatoms. The van der Waals surface area contributed by atoms with E-state index in [4.69, 9.17) is 0 Å². The minimum absolute atomic E-state index is 0.196. The number of rotatable bonds is 3. The summed E-state index contributed by atoms with van der Waals surface area (Å²) in [7, 11) is 0. The lowest BCUT2D eigenvalue weighted by atomic mass is 10.1. The van der Waals surface area contributed by atoms with Gasteiger partial charge >= 0.3 is 0 Å². The van der Waals surface area contributed by atoms with E-state index < -0.39 is 0 Å². The average molecular weight is 397 g/mol. The highest BCUT2D eigenvalue weighted by atomic mass is 79.9. The van der Waals surface area contributed by atoms with E-state index >= 15 is 0 Å². The lowest BCUT2D eigenvalue weighted by molar-refractivity contribution is 0.0645. The van der Waals surface area contributed by atoms with Gasteiger partial charge in [0.05, 0.1) is 6.04 Å². The van der Waals surface area contributed by atoms with Gasteiger partial charge in [-0.3, -0.25) is 4.79 Å². The van der Waals surface area contributed by atoms with Crippen LogP contribution in [0.3, 0.4) is 0 Å². The van der Waals surface area contributed by atoms with Crippen LogP contribution >= 0.6 is 27.7 Å². The van der Waals surface area contributed by atoms with Gasteiger partial charge in [-0.15, -0.1) is 0 Å². The molecule has 0 bridgehead atoms. The van der Waals surface area contributed by atoms with E-state index in [-0.39, 0.29) is 5.91 Å². The molecule has 1 aromatic carbocycles. The number of hydrogen-bond acceptors (Lipinski definition) is 3. The number of hydrogen-bond donors (Lipinski definition) is 0. The fourth-order valence-electron chi connectivity index (χ4n) is 3.45. The number of piperidine rings is 1. The summed E-state index contributed by atoms with van der Waals surface area (Å²) in [5.41, 5.74) is 0.809. The molecule has 1 amide bonds. The second-order valence-electron chi connectivity index (χ2n) is 6.45. The first-order valence-electron chi connectivity index (χ1n) is 8.61. The van der Waals surface area contributed by atoms with Gasteiger partial charge in [-0.05, 0) is 62.4 Å². The van der Waals surface area contributed by atoms with Gasteiger partial charge in [0.15, 0.2) is 0 Å². The third-order valence-corrected chi connectivity index (χ3v) is 6.43. The van der Waals surface area contributed by atoms with Crippen molar-refractivity contribution >= 4 is 33.6 Å². The first-order chi connectivity index (χ1) is 11.2. The molecule has 0 spiro atoms. The number of amides is 1. The van der Waals surface area contributed by atoms with Crippen LogP contribution in [0.4, 0.5) is 0 Å². The Labute approximate surface area is 151 Å². The van der Waals surface area contributed by atoms with Crippen molar-refractivity contribution in [2.45, 2.75) is 31.7 Å². The molecule has 0 N–H and O–H groups in total. The second-order valence-corrected chi connectivity index (χ2v) is 8.51. The quantitative estimate of drug-likeness (QED) is 0.774. The standard InChI is InChI=1S/C18H25BrN2OS/c19-16-7-5-15(6-8-16)18(22)21-11-4-12-23-14-17(21)13-20-9-2-1-3-10-20/h5-8,17H,1-4,9-14H2. The minimum Gasteiger partial charge on any atom is -0.334 e. The molecular weight excluding hydrogens is 372 g/mol. The van der Waals surface area contributed by atoms with Crippen molar-refractivity contribution in [1.29, 1.82) is 0 Å². The van der Waals surface area contributed by atoms with Crippen molar-refractivity contribution in [3.63, 3.8) is 0 Å². The second kappa shape index (κ2) is 8.54.